The van der Waals surface area contributed by atoms with Gasteiger partial charge in [0.15, 0.2) is 0 Å². The monoisotopic (exact) mass is 244 g/mol. The van der Waals surface area contributed by atoms with E-state index >= 15 is 0 Å². The number of likely N-dealkylation sites (N-methyl/N-ethyl adjacent to an activating group) is 1. The van der Waals surface area contributed by atoms with Crippen molar-refractivity contribution in [2.24, 2.45) is 0 Å². The van der Waals surface area contributed by atoms with Gasteiger partial charge >= 0.3 is 0 Å². The van der Waals surface area contributed by atoms with E-state index < -0.39 is 0 Å². The van der Waals surface area contributed by atoms with Crippen LogP contribution in [0.2, 0.25) is 0 Å². The molecule has 1 fully saturated rings. The largest absolute Gasteiger partial charge is 0.460 e. The van der Waals surface area contributed by atoms with Gasteiger partial charge in [0.05, 0.1) is 6.54 Å². The molecule has 0 spiro atoms. The number of nitrogens with one attached hydrogen (secondary N) is 1. The summed E-state index contributed by atoms with van der Waals surface area (Å²) in [4.78, 5) is 2.50. The van der Waals surface area contributed by atoms with Crippen LogP contribution in [0.5, 0.6) is 0 Å². The topological polar surface area (TPSA) is 28.4 Å². The van der Waals surface area contributed by atoms with Gasteiger partial charge < -0.3 is 9.73 Å². The molecule has 2 heterocycles. The van der Waals surface area contributed by atoms with Crippen molar-refractivity contribution in [2.75, 3.05) is 19.6 Å². The Morgan fingerprint density at radius 2 is 2.28 bits per heavy atom. The summed E-state index contributed by atoms with van der Waals surface area (Å²) in [5.74, 6) is 1.07. The van der Waals surface area contributed by atoms with Gasteiger partial charge in [0.25, 0.3) is 0 Å². The van der Waals surface area contributed by atoms with Crippen LogP contribution in [0.4, 0.5) is 0 Å². The third-order valence-electron chi connectivity index (χ3n) is 3.79. The lowest BCUT2D eigenvalue weighted by Gasteiger charge is -2.25. The van der Waals surface area contributed by atoms with Crippen LogP contribution in [-0.2, 0) is 6.54 Å². The number of fused-ring (bicyclic) bond motifs is 1. The van der Waals surface area contributed by atoms with Gasteiger partial charge in [-0.25, -0.2) is 0 Å². The second-order valence-electron chi connectivity index (χ2n) is 4.96. The van der Waals surface area contributed by atoms with E-state index in [-0.39, 0.29) is 0 Å². The maximum Gasteiger partial charge on any atom is 0.134 e. The van der Waals surface area contributed by atoms with Crippen molar-refractivity contribution >= 4 is 11.0 Å². The summed E-state index contributed by atoms with van der Waals surface area (Å²) < 4.78 is 5.90. The van der Waals surface area contributed by atoms with Crippen LogP contribution >= 0.6 is 0 Å². The maximum atomic E-state index is 5.90. The normalized spacial score (nSPS) is 20.0. The molecule has 3 heteroatoms. The first-order valence-corrected chi connectivity index (χ1v) is 6.79. The fraction of sp³-hybridized carbons (Fsp3) is 0.467. The Morgan fingerprint density at radius 3 is 3.00 bits per heavy atom. The molecule has 1 saturated heterocycles. The average molecular weight is 244 g/mol. The fourth-order valence-electron chi connectivity index (χ4n) is 2.77. The van der Waals surface area contributed by atoms with Crippen molar-refractivity contribution in [3.63, 3.8) is 0 Å². The van der Waals surface area contributed by atoms with E-state index in [1.165, 1.54) is 11.8 Å². The van der Waals surface area contributed by atoms with Crippen LogP contribution in [0.15, 0.2) is 34.7 Å². The first-order chi connectivity index (χ1) is 8.86. The smallest absolute Gasteiger partial charge is 0.134 e. The summed E-state index contributed by atoms with van der Waals surface area (Å²) >= 11 is 0. The molecule has 1 aliphatic rings. The molecule has 96 valence electrons. The molecule has 0 saturated carbocycles. The highest BCUT2D eigenvalue weighted by Gasteiger charge is 2.21. The van der Waals surface area contributed by atoms with Gasteiger partial charge in [0, 0.05) is 18.0 Å². The van der Waals surface area contributed by atoms with E-state index in [4.69, 9.17) is 4.42 Å². The minimum absolute atomic E-state index is 0.656. The Hall–Kier alpha value is -1.32. The van der Waals surface area contributed by atoms with Crippen LogP contribution in [0, 0.1) is 0 Å². The second kappa shape index (κ2) is 5.12. The summed E-state index contributed by atoms with van der Waals surface area (Å²) in [6, 6.07) is 11.0. The predicted molar refractivity (Wildman–Crippen MR) is 73.6 cm³/mol. The van der Waals surface area contributed by atoms with E-state index in [0.717, 1.165) is 37.5 Å². The molecule has 1 N–H and O–H groups in total. The molecular weight excluding hydrogens is 224 g/mol. The van der Waals surface area contributed by atoms with E-state index in [1.807, 2.05) is 12.1 Å². The Kier molecular flexibility index (Phi) is 3.35. The van der Waals surface area contributed by atoms with Crippen molar-refractivity contribution in [1.82, 2.24) is 10.2 Å². The number of hydrogen-bond acceptors (Lipinski definition) is 3. The molecule has 0 aliphatic carbocycles. The number of benzene rings is 1. The standard InChI is InChI=1S/C15H20N2O/c1-2-17(13-7-8-16-10-13)11-14-9-12-5-3-4-6-15(12)18-14/h3-6,9,13,16H,2,7-8,10-11H2,1H3. The number of hydrogen-bond donors (Lipinski definition) is 1. The molecule has 0 bridgehead atoms. The van der Waals surface area contributed by atoms with Crippen molar-refractivity contribution < 1.29 is 4.42 Å². The zero-order valence-corrected chi connectivity index (χ0v) is 10.9. The molecule has 1 aromatic carbocycles. The van der Waals surface area contributed by atoms with Crippen molar-refractivity contribution in [3.05, 3.63) is 36.1 Å². The van der Waals surface area contributed by atoms with Gasteiger partial charge in [0.2, 0.25) is 0 Å². The Morgan fingerprint density at radius 1 is 1.39 bits per heavy atom. The van der Waals surface area contributed by atoms with Crippen LogP contribution in [0.1, 0.15) is 19.1 Å². The van der Waals surface area contributed by atoms with E-state index in [0.29, 0.717) is 6.04 Å². The molecule has 0 radical (unpaired) electrons. The number of furan rings is 1. The van der Waals surface area contributed by atoms with E-state index in [2.05, 4.69) is 35.3 Å². The van der Waals surface area contributed by atoms with Gasteiger partial charge in [-0.1, -0.05) is 25.1 Å². The third kappa shape index (κ3) is 2.28. The summed E-state index contributed by atoms with van der Waals surface area (Å²) in [6.07, 6.45) is 1.24. The van der Waals surface area contributed by atoms with Gasteiger partial charge in [-0.15, -0.1) is 0 Å². The Balaban J connectivity index is 1.77. The second-order valence-corrected chi connectivity index (χ2v) is 4.96. The molecule has 1 aromatic heterocycles. The zero-order chi connectivity index (χ0) is 12.4. The highest BCUT2D eigenvalue weighted by Crippen LogP contribution is 2.21. The molecule has 18 heavy (non-hydrogen) atoms. The summed E-state index contributed by atoms with van der Waals surface area (Å²) in [5.41, 5.74) is 0.994. The van der Waals surface area contributed by atoms with Crippen LogP contribution in [0.25, 0.3) is 11.0 Å². The van der Waals surface area contributed by atoms with Crippen LogP contribution in [0.3, 0.4) is 0 Å². The highest BCUT2D eigenvalue weighted by atomic mass is 16.3. The quantitative estimate of drug-likeness (QED) is 0.896. The lowest BCUT2D eigenvalue weighted by Crippen LogP contribution is -2.36. The van der Waals surface area contributed by atoms with Crippen LogP contribution in [-0.4, -0.2) is 30.6 Å². The molecule has 1 unspecified atom stereocenters. The first kappa shape index (κ1) is 11.8. The molecule has 3 nitrogen and oxygen atoms in total. The maximum absolute atomic E-state index is 5.90. The fourth-order valence-corrected chi connectivity index (χ4v) is 2.77. The van der Waals surface area contributed by atoms with Crippen LogP contribution < -0.4 is 5.32 Å². The molecule has 3 rings (SSSR count). The minimum atomic E-state index is 0.656. The number of para-hydroxylation sites is 1. The number of nitrogens with zero attached hydrogens (tertiary/aromatic N) is 1. The van der Waals surface area contributed by atoms with Crippen molar-refractivity contribution in [3.8, 4) is 0 Å². The molecule has 1 aliphatic heterocycles. The van der Waals surface area contributed by atoms with Gasteiger partial charge in [-0.2, -0.15) is 0 Å². The van der Waals surface area contributed by atoms with Crippen molar-refractivity contribution in [2.45, 2.75) is 25.9 Å². The van der Waals surface area contributed by atoms with Crippen molar-refractivity contribution in [1.29, 1.82) is 0 Å². The third-order valence-corrected chi connectivity index (χ3v) is 3.79. The Labute approximate surface area is 108 Å². The predicted octanol–water partition coefficient (Wildman–Crippen LogP) is 2.62. The lowest BCUT2D eigenvalue weighted by molar-refractivity contribution is 0.196. The van der Waals surface area contributed by atoms with Gasteiger partial charge in [-0.3, -0.25) is 4.90 Å². The molecular formula is C15H20N2O. The van der Waals surface area contributed by atoms with Gasteiger partial charge in [0.1, 0.15) is 11.3 Å². The molecule has 2 aromatic rings. The van der Waals surface area contributed by atoms with Gasteiger partial charge in [-0.05, 0) is 31.6 Å². The van der Waals surface area contributed by atoms with E-state index in [1.54, 1.807) is 0 Å². The molecule has 1 atom stereocenters. The average Bonchev–Trinajstić information content (AvgIpc) is 3.04. The number of rotatable bonds is 4. The summed E-state index contributed by atoms with van der Waals surface area (Å²) in [5, 5.41) is 4.63. The lowest BCUT2D eigenvalue weighted by atomic mass is 10.2. The summed E-state index contributed by atoms with van der Waals surface area (Å²) in [7, 11) is 0. The molecule has 0 amide bonds. The first-order valence-electron chi connectivity index (χ1n) is 6.79. The minimum Gasteiger partial charge on any atom is -0.460 e. The SMILES string of the molecule is CCN(Cc1cc2ccccc2o1)C1CCNC1. The van der Waals surface area contributed by atoms with E-state index in [9.17, 15) is 0 Å². The highest BCUT2D eigenvalue weighted by molar-refractivity contribution is 5.77. The Bertz CT molecular complexity index is 481. The summed E-state index contributed by atoms with van der Waals surface area (Å²) in [6.45, 7) is 6.46. The zero-order valence-electron chi connectivity index (χ0n) is 10.9.